The molecule has 3 rings (SSSR count). The Bertz CT molecular complexity index is 1160. The Kier molecular flexibility index (Phi) is 7.47. The van der Waals surface area contributed by atoms with Crippen LogP contribution < -0.4 is 4.74 Å². The molecule has 1 heterocycles. The molecule has 1 unspecified atom stereocenters. The van der Waals surface area contributed by atoms with Crippen molar-refractivity contribution in [1.82, 2.24) is 4.57 Å². The summed E-state index contributed by atoms with van der Waals surface area (Å²) in [6.45, 7) is 10.3. The minimum absolute atomic E-state index is 0.177. The van der Waals surface area contributed by atoms with Gasteiger partial charge in [0.1, 0.15) is 11.4 Å². The first kappa shape index (κ1) is 24.1. The third-order valence-electron chi connectivity index (χ3n) is 5.53. The van der Waals surface area contributed by atoms with E-state index in [1.54, 1.807) is 11.5 Å². The SMILES string of the molecule is Cc1ccc(S(=O)c2c(C)c(C(=O)O)n(CCCOc3cc(C)c(Cl)c(C)c3)c2C)cc1. The number of halogens is 1. The summed E-state index contributed by atoms with van der Waals surface area (Å²) < 4.78 is 20.9. The molecule has 0 amide bonds. The molecular weight excluding hydrogens is 446 g/mol. The third-order valence-corrected chi connectivity index (χ3v) is 7.80. The van der Waals surface area contributed by atoms with E-state index in [0.717, 1.165) is 27.5 Å². The second-order valence-corrected chi connectivity index (χ2v) is 9.79. The van der Waals surface area contributed by atoms with Crippen molar-refractivity contribution in [1.29, 1.82) is 0 Å². The molecule has 170 valence electrons. The predicted octanol–water partition coefficient (Wildman–Crippen LogP) is 6.02. The zero-order valence-corrected chi connectivity index (χ0v) is 20.6. The van der Waals surface area contributed by atoms with Gasteiger partial charge in [-0.05, 0) is 82.0 Å². The van der Waals surface area contributed by atoms with Crippen LogP contribution in [0.1, 0.15) is 44.9 Å². The number of carboxylic acid groups (broad SMARTS) is 1. The van der Waals surface area contributed by atoms with Crippen molar-refractivity contribution in [3.05, 3.63) is 75.1 Å². The summed E-state index contributed by atoms with van der Waals surface area (Å²) in [5, 5.41) is 10.6. The number of benzene rings is 2. The molecule has 0 radical (unpaired) electrons. The maximum Gasteiger partial charge on any atom is 0.352 e. The number of aromatic nitrogens is 1. The standard InChI is InChI=1S/C25H28ClNO4S/c1-15-7-9-21(10-8-15)32(30)24-18(4)23(25(28)29)27(19(24)5)11-6-12-31-20-13-16(2)22(26)17(3)14-20/h7-10,13-14H,6,11-12H2,1-5H3,(H,28,29). The van der Waals surface area contributed by atoms with Crippen molar-refractivity contribution in [2.45, 2.75) is 57.4 Å². The Hall–Kier alpha value is -2.57. The maximum atomic E-state index is 13.3. The molecule has 0 aliphatic carbocycles. The lowest BCUT2D eigenvalue weighted by atomic mass is 10.1. The third kappa shape index (κ3) is 4.92. The highest BCUT2D eigenvalue weighted by Crippen LogP contribution is 2.30. The number of aryl methyl sites for hydroxylation is 3. The first-order valence-electron chi connectivity index (χ1n) is 10.4. The largest absolute Gasteiger partial charge is 0.494 e. The number of carbonyl (C=O) groups is 1. The molecule has 0 saturated heterocycles. The Morgan fingerprint density at radius 2 is 1.66 bits per heavy atom. The quantitative estimate of drug-likeness (QED) is 0.406. The molecule has 32 heavy (non-hydrogen) atoms. The van der Waals surface area contributed by atoms with Gasteiger partial charge in [-0.2, -0.15) is 0 Å². The van der Waals surface area contributed by atoms with E-state index in [4.69, 9.17) is 16.3 Å². The van der Waals surface area contributed by atoms with Crippen LogP contribution in [0.25, 0.3) is 0 Å². The van der Waals surface area contributed by atoms with Crippen LogP contribution in [0.2, 0.25) is 5.02 Å². The Morgan fingerprint density at radius 3 is 2.22 bits per heavy atom. The zero-order chi connectivity index (χ0) is 23.6. The van der Waals surface area contributed by atoms with Crippen LogP contribution >= 0.6 is 11.6 Å². The smallest absolute Gasteiger partial charge is 0.352 e. The van der Waals surface area contributed by atoms with Gasteiger partial charge in [0.25, 0.3) is 0 Å². The van der Waals surface area contributed by atoms with E-state index >= 15 is 0 Å². The fourth-order valence-electron chi connectivity index (χ4n) is 3.88. The van der Waals surface area contributed by atoms with E-state index in [0.29, 0.717) is 40.6 Å². The van der Waals surface area contributed by atoms with Gasteiger partial charge in [-0.1, -0.05) is 29.3 Å². The molecule has 0 aliphatic rings. The summed E-state index contributed by atoms with van der Waals surface area (Å²) in [5.74, 6) is -0.285. The molecule has 5 nitrogen and oxygen atoms in total. The van der Waals surface area contributed by atoms with Crippen molar-refractivity contribution < 1.29 is 18.8 Å². The van der Waals surface area contributed by atoms with Gasteiger partial charge in [-0.25, -0.2) is 9.00 Å². The van der Waals surface area contributed by atoms with E-state index in [2.05, 4.69) is 0 Å². The molecule has 0 saturated carbocycles. The lowest BCUT2D eigenvalue weighted by Crippen LogP contribution is -2.13. The number of carboxylic acids is 1. The maximum absolute atomic E-state index is 13.3. The van der Waals surface area contributed by atoms with Gasteiger partial charge in [-0.3, -0.25) is 0 Å². The normalized spacial score (nSPS) is 12.1. The number of hydrogen-bond acceptors (Lipinski definition) is 3. The predicted molar refractivity (Wildman–Crippen MR) is 128 cm³/mol. The lowest BCUT2D eigenvalue weighted by molar-refractivity contribution is 0.0683. The number of nitrogens with zero attached hydrogens (tertiary/aromatic N) is 1. The molecule has 1 atom stereocenters. The Labute approximate surface area is 196 Å². The molecule has 7 heteroatoms. The molecule has 3 aromatic rings. The van der Waals surface area contributed by atoms with Crippen LogP contribution in [-0.4, -0.2) is 26.5 Å². The number of aromatic carboxylic acids is 1. The highest BCUT2D eigenvalue weighted by atomic mass is 35.5. The van der Waals surface area contributed by atoms with E-state index in [1.807, 2.05) is 64.1 Å². The molecule has 1 N–H and O–H groups in total. The Morgan fingerprint density at radius 1 is 1.06 bits per heavy atom. The topological polar surface area (TPSA) is 68.5 Å². The summed E-state index contributed by atoms with van der Waals surface area (Å²) in [5.41, 5.74) is 4.41. The van der Waals surface area contributed by atoms with Crippen LogP contribution in [0.5, 0.6) is 5.75 Å². The highest BCUT2D eigenvalue weighted by Gasteiger charge is 2.26. The molecule has 0 spiro atoms. The van der Waals surface area contributed by atoms with Gasteiger partial charge in [0, 0.05) is 22.2 Å². The molecule has 0 bridgehead atoms. The van der Waals surface area contributed by atoms with Crippen molar-refractivity contribution in [3.63, 3.8) is 0 Å². The monoisotopic (exact) mass is 473 g/mol. The van der Waals surface area contributed by atoms with E-state index in [1.165, 1.54) is 0 Å². The van der Waals surface area contributed by atoms with E-state index < -0.39 is 16.8 Å². The van der Waals surface area contributed by atoms with Crippen LogP contribution in [-0.2, 0) is 17.3 Å². The summed E-state index contributed by atoms with van der Waals surface area (Å²) in [6, 6.07) is 11.3. The van der Waals surface area contributed by atoms with Crippen LogP contribution in [0.4, 0.5) is 0 Å². The van der Waals surface area contributed by atoms with Gasteiger partial charge in [0.05, 0.1) is 22.3 Å². The van der Waals surface area contributed by atoms with Gasteiger partial charge in [-0.15, -0.1) is 0 Å². The minimum atomic E-state index is -1.46. The average molecular weight is 474 g/mol. The Balaban J connectivity index is 1.80. The average Bonchev–Trinajstić information content (AvgIpc) is 2.99. The second kappa shape index (κ2) is 9.92. The summed E-state index contributed by atoms with van der Waals surface area (Å²) in [6.07, 6.45) is 0.604. The first-order valence-corrected chi connectivity index (χ1v) is 12.0. The van der Waals surface area contributed by atoms with Gasteiger partial charge in [0.15, 0.2) is 0 Å². The van der Waals surface area contributed by atoms with Crippen molar-refractivity contribution in [2.75, 3.05) is 6.61 Å². The van der Waals surface area contributed by atoms with E-state index in [-0.39, 0.29) is 5.69 Å². The van der Waals surface area contributed by atoms with Gasteiger partial charge in [0.2, 0.25) is 0 Å². The van der Waals surface area contributed by atoms with Crippen molar-refractivity contribution >= 4 is 28.4 Å². The van der Waals surface area contributed by atoms with Crippen LogP contribution in [0.15, 0.2) is 46.2 Å². The van der Waals surface area contributed by atoms with Gasteiger partial charge < -0.3 is 14.4 Å². The lowest BCUT2D eigenvalue weighted by Gasteiger charge is -2.12. The minimum Gasteiger partial charge on any atom is -0.494 e. The molecular formula is C25H28ClNO4S. The molecule has 0 aliphatic heterocycles. The number of ether oxygens (including phenoxy) is 1. The second-order valence-electron chi connectivity index (χ2n) is 8.00. The number of rotatable bonds is 8. The summed E-state index contributed by atoms with van der Waals surface area (Å²) >= 11 is 6.21. The van der Waals surface area contributed by atoms with E-state index in [9.17, 15) is 14.1 Å². The fraction of sp³-hybridized carbons (Fsp3) is 0.320. The van der Waals surface area contributed by atoms with Gasteiger partial charge >= 0.3 is 5.97 Å². The highest BCUT2D eigenvalue weighted by molar-refractivity contribution is 7.85. The summed E-state index contributed by atoms with van der Waals surface area (Å²) in [7, 11) is -1.46. The van der Waals surface area contributed by atoms with Crippen molar-refractivity contribution in [2.24, 2.45) is 0 Å². The van der Waals surface area contributed by atoms with Crippen LogP contribution in [0.3, 0.4) is 0 Å². The fourth-order valence-corrected chi connectivity index (χ4v) is 5.36. The zero-order valence-electron chi connectivity index (χ0n) is 19.0. The number of hydrogen-bond donors (Lipinski definition) is 1. The molecule has 2 aromatic carbocycles. The van der Waals surface area contributed by atoms with Crippen LogP contribution in [0, 0.1) is 34.6 Å². The first-order chi connectivity index (χ1) is 15.1. The van der Waals surface area contributed by atoms with Crippen molar-refractivity contribution in [3.8, 4) is 5.75 Å². The summed E-state index contributed by atoms with van der Waals surface area (Å²) in [4.78, 5) is 13.2. The molecule has 1 aromatic heterocycles. The molecule has 0 fully saturated rings.